The first-order valence-electron chi connectivity index (χ1n) is 5.98. The zero-order chi connectivity index (χ0) is 14.7. The van der Waals surface area contributed by atoms with Gasteiger partial charge in [0.2, 0.25) is 5.91 Å². The normalized spacial score (nSPS) is 10.6. The van der Waals surface area contributed by atoms with Crippen LogP contribution in [-0.4, -0.2) is 10.9 Å². The van der Waals surface area contributed by atoms with Gasteiger partial charge in [0.1, 0.15) is 0 Å². The van der Waals surface area contributed by atoms with E-state index < -0.39 is 11.6 Å². The molecule has 0 spiro atoms. The van der Waals surface area contributed by atoms with E-state index in [0.29, 0.717) is 23.5 Å². The Morgan fingerprint density at radius 1 is 1.35 bits per heavy atom. The molecule has 1 N–H and O–H groups in total. The molecular formula is C14H13F2N2OS. The summed E-state index contributed by atoms with van der Waals surface area (Å²) in [5.41, 5.74) is 1.08. The number of aromatic nitrogens is 1. The van der Waals surface area contributed by atoms with E-state index in [9.17, 15) is 13.6 Å². The number of nitrogens with one attached hydrogen (secondary N) is 1. The van der Waals surface area contributed by atoms with Crippen molar-refractivity contribution >= 4 is 22.4 Å². The quantitative estimate of drug-likeness (QED) is 0.940. The van der Waals surface area contributed by atoms with Crippen molar-refractivity contribution in [2.75, 3.05) is 5.32 Å². The van der Waals surface area contributed by atoms with Gasteiger partial charge in [-0.25, -0.2) is 13.8 Å². The molecule has 0 saturated carbocycles. The van der Waals surface area contributed by atoms with Gasteiger partial charge in [-0.1, -0.05) is 12.1 Å². The molecule has 1 heterocycles. The first-order valence-corrected chi connectivity index (χ1v) is 6.86. The summed E-state index contributed by atoms with van der Waals surface area (Å²) in [6, 6.07) is 2.99. The lowest BCUT2D eigenvalue weighted by Gasteiger charge is -2.04. The van der Waals surface area contributed by atoms with Crippen molar-refractivity contribution < 1.29 is 13.6 Å². The summed E-state index contributed by atoms with van der Waals surface area (Å²) < 4.78 is 27.0. The molecule has 105 valence electrons. The average molecular weight is 295 g/mol. The third kappa shape index (κ3) is 3.39. The third-order valence-electron chi connectivity index (χ3n) is 2.73. The molecule has 1 radical (unpaired) electrons. The van der Waals surface area contributed by atoms with Crippen molar-refractivity contribution in [3.05, 3.63) is 52.9 Å². The molecule has 2 aromatic rings. The zero-order valence-corrected chi connectivity index (χ0v) is 11.7. The Kier molecular flexibility index (Phi) is 4.44. The van der Waals surface area contributed by atoms with E-state index in [0.717, 1.165) is 5.69 Å². The van der Waals surface area contributed by atoms with Gasteiger partial charge < -0.3 is 5.32 Å². The highest BCUT2D eigenvalue weighted by Crippen LogP contribution is 2.20. The highest BCUT2D eigenvalue weighted by atomic mass is 32.1. The van der Waals surface area contributed by atoms with Crippen molar-refractivity contribution in [3.63, 3.8) is 0 Å². The lowest BCUT2D eigenvalue weighted by atomic mass is 10.1. The minimum atomic E-state index is -0.903. The Morgan fingerprint density at radius 3 is 2.80 bits per heavy atom. The maximum absolute atomic E-state index is 13.7. The van der Waals surface area contributed by atoms with E-state index in [2.05, 4.69) is 17.2 Å². The summed E-state index contributed by atoms with van der Waals surface area (Å²) in [5, 5.41) is 4.87. The van der Waals surface area contributed by atoms with Crippen molar-refractivity contribution in [1.82, 2.24) is 4.98 Å². The van der Waals surface area contributed by atoms with Crippen LogP contribution in [0.2, 0.25) is 0 Å². The number of halogens is 2. The van der Waals surface area contributed by atoms with Crippen LogP contribution in [0.3, 0.4) is 0 Å². The number of nitrogens with zero attached hydrogens (tertiary/aromatic N) is 1. The largest absolute Gasteiger partial charge is 0.302 e. The molecule has 0 aliphatic carbocycles. The first-order chi connectivity index (χ1) is 9.47. The molecular weight excluding hydrogens is 282 g/mol. The van der Waals surface area contributed by atoms with E-state index in [1.54, 1.807) is 5.38 Å². The third-order valence-corrected chi connectivity index (χ3v) is 3.53. The predicted octanol–water partition coefficient (Wildman–Crippen LogP) is 3.35. The molecule has 1 aromatic heterocycles. The summed E-state index contributed by atoms with van der Waals surface area (Å²) in [5.74, 6) is -1.94. The first kappa shape index (κ1) is 14.6. The molecule has 0 atom stereocenters. The van der Waals surface area contributed by atoms with E-state index in [-0.39, 0.29) is 11.5 Å². The number of hydrogen-bond acceptors (Lipinski definition) is 3. The highest BCUT2D eigenvalue weighted by Gasteiger charge is 2.11. The second-order valence-electron chi connectivity index (χ2n) is 4.34. The summed E-state index contributed by atoms with van der Waals surface area (Å²) in [6.07, 6.45) is 0.815. The maximum atomic E-state index is 13.7. The zero-order valence-electron chi connectivity index (χ0n) is 10.9. The Balaban J connectivity index is 2.04. The molecule has 2 rings (SSSR count). The van der Waals surface area contributed by atoms with Gasteiger partial charge in [0.25, 0.3) is 0 Å². The number of anilines is 1. The number of amides is 1. The second-order valence-corrected chi connectivity index (χ2v) is 5.20. The molecule has 0 saturated heterocycles. The molecule has 0 fully saturated rings. The van der Waals surface area contributed by atoms with Gasteiger partial charge in [0.15, 0.2) is 16.8 Å². The van der Waals surface area contributed by atoms with Gasteiger partial charge in [-0.3, -0.25) is 4.79 Å². The molecule has 0 aliphatic rings. The number of carbonyl (C=O) groups excluding carboxylic acids is 1. The number of carbonyl (C=O) groups is 1. The van der Waals surface area contributed by atoms with Crippen LogP contribution in [0.25, 0.3) is 0 Å². The van der Waals surface area contributed by atoms with E-state index >= 15 is 0 Å². The summed E-state index contributed by atoms with van der Waals surface area (Å²) >= 11 is 1.30. The van der Waals surface area contributed by atoms with Crippen LogP contribution in [0.5, 0.6) is 0 Å². The molecule has 0 unspecified atom stereocenters. The fraction of sp³-hybridized carbons (Fsp3) is 0.214. The molecule has 0 aliphatic heterocycles. The SMILES string of the molecule is [CH2]c1ccc(CCc2csc(NC(C)=O)n2)c(F)c1F. The van der Waals surface area contributed by atoms with Crippen LogP contribution in [-0.2, 0) is 17.6 Å². The number of hydrogen-bond donors (Lipinski definition) is 1. The summed E-state index contributed by atoms with van der Waals surface area (Å²) in [7, 11) is 0. The topological polar surface area (TPSA) is 42.0 Å². The highest BCUT2D eigenvalue weighted by molar-refractivity contribution is 7.13. The Hall–Kier alpha value is -1.82. The van der Waals surface area contributed by atoms with Crippen LogP contribution in [0.4, 0.5) is 13.9 Å². The van der Waals surface area contributed by atoms with Gasteiger partial charge in [-0.05, 0) is 30.9 Å². The van der Waals surface area contributed by atoms with Gasteiger partial charge in [0.05, 0.1) is 5.69 Å². The summed E-state index contributed by atoms with van der Waals surface area (Å²) in [6.45, 7) is 4.81. The van der Waals surface area contributed by atoms with Crippen LogP contribution in [0.15, 0.2) is 17.5 Å². The minimum Gasteiger partial charge on any atom is -0.302 e. The molecule has 6 heteroatoms. The number of rotatable bonds is 4. The van der Waals surface area contributed by atoms with Crippen molar-refractivity contribution in [1.29, 1.82) is 0 Å². The standard InChI is InChI=1S/C14H13F2N2OS/c1-8-3-4-10(13(16)12(8)15)5-6-11-7-20-14(18-11)17-9(2)19/h3-4,7H,1,5-6H2,2H3,(H,17,18,19). The smallest absolute Gasteiger partial charge is 0.223 e. The molecule has 1 aromatic carbocycles. The van der Waals surface area contributed by atoms with E-state index in [4.69, 9.17) is 0 Å². The van der Waals surface area contributed by atoms with Crippen molar-refractivity contribution in [3.8, 4) is 0 Å². The maximum Gasteiger partial charge on any atom is 0.223 e. The van der Waals surface area contributed by atoms with Gasteiger partial charge >= 0.3 is 0 Å². The fourth-order valence-electron chi connectivity index (χ4n) is 1.72. The van der Waals surface area contributed by atoms with E-state index in [1.807, 2.05) is 0 Å². The number of aryl methyl sites for hydroxylation is 2. The Morgan fingerprint density at radius 2 is 2.10 bits per heavy atom. The van der Waals surface area contributed by atoms with Crippen LogP contribution in [0, 0.1) is 18.6 Å². The molecule has 3 nitrogen and oxygen atoms in total. The van der Waals surface area contributed by atoms with Crippen molar-refractivity contribution in [2.24, 2.45) is 0 Å². The average Bonchev–Trinajstić information content (AvgIpc) is 2.82. The number of benzene rings is 1. The second kappa shape index (κ2) is 6.09. The lowest BCUT2D eigenvalue weighted by molar-refractivity contribution is -0.114. The van der Waals surface area contributed by atoms with Gasteiger partial charge in [0, 0.05) is 12.3 Å². The monoisotopic (exact) mass is 295 g/mol. The van der Waals surface area contributed by atoms with Crippen molar-refractivity contribution in [2.45, 2.75) is 19.8 Å². The summed E-state index contributed by atoms with van der Waals surface area (Å²) in [4.78, 5) is 15.1. The van der Waals surface area contributed by atoms with Gasteiger partial charge in [-0.2, -0.15) is 0 Å². The molecule has 0 bridgehead atoms. The Bertz CT molecular complexity index is 640. The number of thiazole rings is 1. The van der Waals surface area contributed by atoms with Gasteiger partial charge in [-0.15, -0.1) is 11.3 Å². The van der Waals surface area contributed by atoms with Crippen LogP contribution >= 0.6 is 11.3 Å². The predicted molar refractivity (Wildman–Crippen MR) is 74.6 cm³/mol. The van der Waals surface area contributed by atoms with E-state index in [1.165, 1.54) is 30.4 Å². The Labute approximate surface area is 119 Å². The molecule has 1 amide bonds. The van der Waals surface area contributed by atoms with Crippen LogP contribution in [0.1, 0.15) is 23.7 Å². The molecule has 20 heavy (non-hydrogen) atoms. The van der Waals surface area contributed by atoms with Crippen LogP contribution < -0.4 is 5.32 Å². The lowest BCUT2D eigenvalue weighted by Crippen LogP contribution is -2.05. The fourth-order valence-corrected chi connectivity index (χ4v) is 2.51. The minimum absolute atomic E-state index is 0.0489.